The van der Waals surface area contributed by atoms with Crippen molar-refractivity contribution in [2.75, 3.05) is 0 Å². The van der Waals surface area contributed by atoms with Crippen LogP contribution in [0, 0.1) is 0 Å². The second-order valence-electron chi connectivity index (χ2n) is 4.25. The summed E-state index contributed by atoms with van der Waals surface area (Å²) in [6, 6.07) is 8.31. The van der Waals surface area contributed by atoms with Gasteiger partial charge in [-0.05, 0) is 0 Å². The zero-order valence-corrected chi connectivity index (χ0v) is 12.9. The summed E-state index contributed by atoms with van der Waals surface area (Å²) in [5.41, 5.74) is 0. The molecule has 0 aliphatic carbocycles. The summed E-state index contributed by atoms with van der Waals surface area (Å²) in [6.45, 7) is 1.96. The van der Waals surface area contributed by atoms with Crippen LogP contribution in [0.1, 0.15) is 32.6 Å². The number of benzene rings is 1. The van der Waals surface area contributed by atoms with E-state index in [9.17, 15) is 18.0 Å². The van der Waals surface area contributed by atoms with Crippen molar-refractivity contribution in [3.8, 4) is 0 Å². The van der Waals surface area contributed by atoms with E-state index in [1.165, 1.54) is 0 Å². The molecular formula is C14H17F3O2Se. The van der Waals surface area contributed by atoms with Gasteiger partial charge in [-0.15, -0.1) is 0 Å². The second kappa shape index (κ2) is 8.32. The van der Waals surface area contributed by atoms with Crippen LogP contribution in [-0.4, -0.2) is 32.1 Å². The van der Waals surface area contributed by atoms with Crippen molar-refractivity contribution < 1.29 is 22.7 Å². The average Bonchev–Trinajstić information content (AvgIpc) is 2.38. The first-order valence-corrected chi connectivity index (χ1v) is 8.26. The summed E-state index contributed by atoms with van der Waals surface area (Å²) in [6.07, 6.45) is -2.18. The van der Waals surface area contributed by atoms with Gasteiger partial charge >= 0.3 is 122 Å². The molecule has 20 heavy (non-hydrogen) atoms. The average molecular weight is 353 g/mol. The minimum atomic E-state index is -4.52. The summed E-state index contributed by atoms with van der Waals surface area (Å²) in [7, 11) is 0. The summed E-state index contributed by atoms with van der Waals surface area (Å²) in [5.74, 6) is -0.765. The maximum atomic E-state index is 12.9. The van der Waals surface area contributed by atoms with E-state index in [0.29, 0.717) is 10.9 Å². The van der Waals surface area contributed by atoms with E-state index in [1.807, 2.05) is 6.92 Å². The Morgan fingerprint density at radius 3 is 2.45 bits per heavy atom. The third kappa shape index (κ3) is 6.44. The Morgan fingerprint density at radius 1 is 1.25 bits per heavy atom. The van der Waals surface area contributed by atoms with Gasteiger partial charge in [0.2, 0.25) is 0 Å². The van der Waals surface area contributed by atoms with Gasteiger partial charge in [0.05, 0.1) is 0 Å². The van der Waals surface area contributed by atoms with Crippen molar-refractivity contribution in [3.63, 3.8) is 0 Å². The molecule has 0 amide bonds. The molecule has 6 heteroatoms. The monoisotopic (exact) mass is 354 g/mol. The number of halogens is 3. The summed E-state index contributed by atoms with van der Waals surface area (Å²) in [5, 5.41) is -2.01. The Morgan fingerprint density at radius 2 is 1.90 bits per heavy atom. The second-order valence-corrected chi connectivity index (χ2v) is 6.63. The third-order valence-corrected chi connectivity index (χ3v) is 4.83. The molecule has 1 unspecified atom stereocenters. The van der Waals surface area contributed by atoms with Crippen molar-refractivity contribution in [2.24, 2.45) is 0 Å². The number of hydrogen-bond donors (Lipinski definition) is 0. The van der Waals surface area contributed by atoms with E-state index in [0.717, 1.165) is 12.8 Å². The Bertz CT molecular complexity index is 407. The van der Waals surface area contributed by atoms with Crippen LogP contribution in [-0.2, 0) is 9.53 Å². The van der Waals surface area contributed by atoms with Gasteiger partial charge in [-0.2, -0.15) is 0 Å². The molecule has 1 rings (SSSR count). The molecule has 0 saturated carbocycles. The molecule has 0 bridgehead atoms. The standard InChI is InChI=1S/C14H17F3O2Se/c1-2-3-5-10-12(18)19-13(14(15,16)17)20-11-8-6-4-7-9-11/h4,6-9,13H,2-3,5,10H2,1H3. The molecule has 112 valence electrons. The Hall–Kier alpha value is -1.00. The molecule has 0 heterocycles. The van der Waals surface area contributed by atoms with Crippen LogP contribution in [0.4, 0.5) is 13.2 Å². The van der Waals surface area contributed by atoms with Crippen LogP contribution in [0.15, 0.2) is 30.3 Å². The van der Waals surface area contributed by atoms with Crippen LogP contribution in [0.2, 0.25) is 0 Å². The molecule has 2 nitrogen and oxygen atoms in total. The van der Waals surface area contributed by atoms with Crippen LogP contribution >= 0.6 is 0 Å². The number of rotatable bonds is 7. The third-order valence-electron chi connectivity index (χ3n) is 2.48. The first-order chi connectivity index (χ1) is 9.43. The normalized spacial score (nSPS) is 13.0. The molecule has 1 aromatic rings. The van der Waals surface area contributed by atoms with Gasteiger partial charge in [0.25, 0.3) is 0 Å². The fourth-order valence-electron chi connectivity index (χ4n) is 1.48. The molecule has 0 aliphatic heterocycles. The number of hydrogen-bond acceptors (Lipinski definition) is 2. The van der Waals surface area contributed by atoms with Crippen LogP contribution in [0.5, 0.6) is 0 Å². The molecule has 1 aromatic carbocycles. The summed E-state index contributed by atoms with van der Waals surface area (Å²) < 4.78 is 43.9. The number of carbonyl (C=O) groups is 1. The molecule has 0 N–H and O–H groups in total. The van der Waals surface area contributed by atoms with Gasteiger partial charge in [0.15, 0.2) is 0 Å². The van der Waals surface area contributed by atoms with Crippen molar-refractivity contribution >= 4 is 25.4 Å². The van der Waals surface area contributed by atoms with Gasteiger partial charge in [0.1, 0.15) is 0 Å². The molecule has 0 fully saturated rings. The van der Waals surface area contributed by atoms with Crippen LogP contribution in [0.25, 0.3) is 0 Å². The van der Waals surface area contributed by atoms with Gasteiger partial charge in [-0.1, -0.05) is 0 Å². The Labute approximate surface area is 122 Å². The fraction of sp³-hybridized carbons (Fsp3) is 0.500. The molecule has 0 saturated heterocycles. The number of ether oxygens (including phenoxy) is 1. The predicted molar refractivity (Wildman–Crippen MR) is 71.9 cm³/mol. The topological polar surface area (TPSA) is 26.3 Å². The molecule has 1 atom stereocenters. The van der Waals surface area contributed by atoms with Gasteiger partial charge in [-0.25, -0.2) is 0 Å². The molecule has 0 radical (unpaired) electrons. The van der Waals surface area contributed by atoms with E-state index in [-0.39, 0.29) is 6.42 Å². The van der Waals surface area contributed by atoms with Gasteiger partial charge in [-0.3, -0.25) is 0 Å². The minimum absolute atomic E-state index is 0.0469. The first-order valence-electron chi connectivity index (χ1n) is 6.41. The van der Waals surface area contributed by atoms with Crippen LogP contribution < -0.4 is 4.46 Å². The molecule has 0 spiro atoms. The number of alkyl halides is 3. The molecule has 0 aliphatic rings. The van der Waals surface area contributed by atoms with E-state index < -0.39 is 32.1 Å². The van der Waals surface area contributed by atoms with Crippen molar-refractivity contribution in [3.05, 3.63) is 30.3 Å². The number of unbranched alkanes of at least 4 members (excludes halogenated alkanes) is 2. The van der Waals surface area contributed by atoms with Gasteiger partial charge in [0, 0.05) is 0 Å². The summed E-state index contributed by atoms with van der Waals surface area (Å²) in [4.78, 5) is 11.5. The van der Waals surface area contributed by atoms with E-state index in [1.54, 1.807) is 30.3 Å². The zero-order chi connectivity index (χ0) is 15.0. The van der Waals surface area contributed by atoms with E-state index in [2.05, 4.69) is 4.74 Å². The first kappa shape index (κ1) is 17.1. The molecule has 0 aromatic heterocycles. The van der Waals surface area contributed by atoms with Crippen LogP contribution in [0.3, 0.4) is 0 Å². The zero-order valence-electron chi connectivity index (χ0n) is 11.2. The van der Waals surface area contributed by atoms with E-state index >= 15 is 0 Å². The Kier molecular flexibility index (Phi) is 7.10. The quantitative estimate of drug-likeness (QED) is 0.428. The van der Waals surface area contributed by atoms with Crippen molar-refractivity contribution in [1.82, 2.24) is 0 Å². The van der Waals surface area contributed by atoms with E-state index in [4.69, 9.17) is 0 Å². The van der Waals surface area contributed by atoms with Gasteiger partial charge < -0.3 is 0 Å². The number of esters is 1. The Balaban J connectivity index is 2.59. The maximum absolute atomic E-state index is 12.9. The molecular weight excluding hydrogens is 336 g/mol. The predicted octanol–water partition coefficient (Wildman–Crippen LogP) is 3.03. The number of carbonyl (C=O) groups excluding carboxylic acids is 1. The summed E-state index contributed by atoms with van der Waals surface area (Å²) >= 11 is -0.972. The fourth-order valence-corrected chi connectivity index (χ4v) is 3.26. The SMILES string of the molecule is CCCCCC(=O)OC([Se]c1ccccc1)C(F)(F)F. The van der Waals surface area contributed by atoms with Crippen molar-refractivity contribution in [2.45, 2.75) is 43.8 Å². The van der Waals surface area contributed by atoms with Crippen molar-refractivity contribution in [1.29, 1.82) is 0 Å².